The lowest BCUT2D eigenvalue weighted by Gasteiger charge is -2.11. The van der Waals surface area contributed by atoms with Crippen LogP contribution in [-0.2, 0) is 0 Å². The van der Waals surface area contributed by atoms with Crippen molar-refractivity contribution in [2.45, 2.75) is 39.1 Å². The first kappa shape index (κ1) is 14.0. The molecule has 0 aliphatic heterocycles. The van der Waals surface area contributed by atoms with Crippen molar-refractivity contribution in [3.63, 3.8) is 0 Å². The molecule has 0 aliphatic rings. The number of rotatable bonds is 5. The maximum Gasteiger partial charge on any atom is 0.340 e. The lowest BCUT2D eigenvalue weighted by atomic mass is 10.2. The highest BCUT2D eigenvalue weighted by atomic mass is 32.2. The predicted octanol–water partition coefficient (Wildman–Crippen LogP) is 2.93. The number of aromatic nitrogens is 2. The molecular weight excluding hydrogens is 236 g/mol. The molecule has 1 aromatic heterocycles. The normalized spacial score (nSPS) is 12.5. The van der Waals surface area contributed by atoms with Gasteiger partial charge >= 0.3 is 5.97 Å². The Hall–Kier alpha value is -1.10. The van der Waals surface area contributed by atoms with Gasteiger partial charge in [-0.3, -0.25) is 0 Å². The molecule has 1 unspecified atom stereocenters. The number of carboxylic acids is 1. The molecule has 0 spiro atoms. The molecule has 0 radical (unpaired) electrons. The molecule has 0 amide bonds. The summed E-state index contributed by atoms with van der Waals surface area (Å²) in [5.74, 6) is 1.11. The highest BCUT2D eigenvalue weighted by Crippen LogP contribution is 2.25. The van der Waals surface area contributed by atoms with Gasteiger partial charge in [-0.2, -0.15) is 0 Å². The number of thioether (sulfide) groups is 1. The third kappa shape index (κ3) is 3.70. The first-order valence-electron chi connectivity index (χ1n) is 5.67. The molecule has 1 atom stereocenters. The fraction of sp³-hybridized carbons (Fsp3) is 0.583. The molecule has 0 aliphatic carbocycles. The van der Waals surface area contributed by atoms with Gasteiger partial charge in [-0.05, 0) is 19.8 Å². The zero-order valence-electron chi connectivity index (χ0n) is 10.6. The van der Waals surface area contributed by atoms with E-state index in [9.17, 15) is 4.79 Å². The van der Waals surface area contributed by atoms with Gasteiger partial charge in [0, 0.05) is 5.75 Å². The minimum Gasteiger partial charge on any atom is -0.478 e. The first-order chi connectivity index (χ1) is 7.95. The molecule has 0 saturated heterocycles. The second kappa shape index (κ2) is 6.00. The lowest BCUT2D eigenvalue weighted by Crippen LogP contribution is -2.09. The molecule has 1 N–H and O–H groups in total. The van der Waals surface area contributed by atoms with Gasteiger partial charge in [-0.1, -0.05) is 20.3 Å². The maximum absolute atomic E-state index is 11.2. The monoisotopic (exact) mass is 254 g/mol. The van der Waals surface area contributed by atoms with E-state index in [0.29, 0.717) is 22.5 Å². The molecule has 1 aromatic rings. The Labute approximate surface area is 106 Å². The van der Waals surface area contributed by atoms with E-state index in [4.69, 9.17) is 5.11 Å². The van der Waals surface area contributed by atoms with E-state index >= 15 is 0 Å². The van der Waals surface area contributed by atoms with Crippen LogP contribution in [0.15, 0.2) is 5.03 Å². The summed E-state index contributed by atoms with van der Waals surface area (Å²) in [5.41, 5.74) is 0.778. The predicted molar refractivity (Wildman–Crippen MR) is 68.6 cm³/mol. The summed E-state index contributed by atoms with van der Waals surface area (Å²) in [4.78, 5) is 19.5. The van der Waals surface area contributed by atoms with Crippen LogP contribution in [0.5, 0.6) is 0 Å². The number of aryl methyl sites for hydroxylation is 2. The average Bonchev–Trinajstić information content (AvgIpc) is 2.24. The van der Waals surface area contributed by atoms with Crippen LogP contribution in [0.1, 0.15) is 42.1 Å². The van der Waals surface area contributed by atoms with Crippen LogP contribution in [0.25, 0.3) is 0 Å². The van der Waals surface area contributed by atoms with Gasteiger partial charge in [0.15, 0.2) is 0 Å². The molecular formula is C12H18N2O2S. The van der Waals surface area contributed by atoms with Crippen LogP contribution in [-0.4, -0.2) is 26.8 Å². The Balaban J connectivity index is 3.00. The van der Waals surface area contributed by atoms with Crippen LogP contribution < -0.4 is 0 Å². The van der Waals surface area contributed by atoms with E-state index < -0.39 is 5.97 Å². The second-order valence-electron chi connectivity index (χ2n) is 4.17. The molecule has 0 bridgehead atoms. The Morgan fingerprint density at radius 1 is 1.41 bits per heavy atom. The Morgan fingerprint density at radius 2 is 2.06 bits per heavy atom. The van der Waals surface area contributed by atoms with E-state index in [2.05, 4.69) is 23.8 Å². The van der Waals surface area contributed by atoms with Crippen molar-refractivity contribution < 1.29 is 9.90 Å². The summed E-state index contributed by atoms with van der Waals surface area (Å²) >= 11 is 1.50. The third-order valence-electron chi connectivity index (χ3n) is 2.58. The molecule has 17 heavy (non-hydrogen) atoms. The summed E-state index contributed by atoms with van der Waals surface area (Å²) in [5, 5.41) is 9.75. The van der Waals surface area contributed by atoms with Crippen LogP contribution >= 0.6 is 11.8 Å². The fourth-order valence-corrected chi connectivity index (χ4v) is 2.63. The van der Waals surface area contributed by atoms with Crippen molar-refractivity contribution >= 4 is 17.7 Å². The average molecular weight is 254 g/mol. The number of carboxylic acid groups (broad SMARTS) is 1. The van der Waals surface area contributed by atoms with E-state index in [1.54, 1.807) is 13.8 Å². The lowest BCUT2D eigenvalue weighted by molar-refractivity contribution is 0.0690. The minimum atomic E-state index is -0.950. The van der Waals surface area contributed by atoms with E-state index in [-0.39, 0.29) is 5.56 Å². The van der Waals surface area contributed by atoms with Crippen molar-refractivity contribution in [1.29, 1.82) is 0 Å². The van der Waals surface area contributed by atoms with Crippen molar-refractivity contribution in [2.24, 2.45) is 5.92 Å². The zero-order chi connectivity index (χ0) is 13.0. The molecule has 1 rings (SSSR count). The first-order valence-corrected chi connectivity index (χ1v) is 6.65. The van der Waals surface area contributed by atoms with Gasteiger partial charge in [0.25, 0.3) is 0 Å². The van der Waals surface area contributed by atoms with Crippen molar-refractivity contribution in [2.75, 3.05) is 5.75 Å². The minimum absolute atomic E-state index is 0.240. The molecule has 94 valence electrons. The maximum atomic E-state index is 11.2. The number of carbonyl (C=O) groups is 1. The van der Waals surface area contributed by atoms with Crippen molar-refractivity contribution in [3.05, 3.63) is 17.1 Å². The van der Waals surface area contributed by atoms with Crippen LogP contribution in [0.2, 0.25) is 0 Å². The molecule has 0 fully saturated rings. The molecule has 0 saturated carbocycles. The summed E-state index contributed by atoms with van der Waals surface area (Å²) < 4.78 is 0. The summed E-state index contributed by atoms with van der Waals surface area (Å²) in [7, 11) is 0. The van der Waals surface area contributed by atoms with Crippen LogP contribution in [0.4, 0.5) is 0 Å². The quantitative estimate of drug-likeness (QED) is 0.646. The third-order valence-corrected chi connectivity index (χ3v) is 3.89. The number of aromatic carboxylic acids is 1. The molecule has 5 heteroatoms. The molecule has 1 heterocycles. The van der Waals surface area contributed by atoms with Crippen molar-refractivity contribution in [1.82, 2.24) is 9.97 Å². The fourth-order valence-electron chi connectivity index (χ4n) is 1.37. The van der Waals surface area contributed by atoms with Crippen LogP contribution in [0.3, 0.4) is 0 Å². The zero-order valence-corrected chi connectivity index (χ0v) is 11.5. The van der Waals surface area contributed by atoms with E-state index in [1.807, 2.05) is 0 Å². The van der Waals surface area contributed by atoms with Crippen molar-refractivity contribution in [3.8, 4) is 0 Å². The number of hydrogen-bond donors (Lipinski definition) is 1. The second-order valence-corrected chi connectivity index (χ2v) is 5.17. The van der Waals surface area contributed by atoms with Gasteiger partial charge in [-0.15, -0.1) is 11.8 Å². The smallest absolute Gasteiger partial charge is 0.340 e. The van der Waals surface area contributed by atoms with Gasteiger partial charge in [-0.25, -0.2) is 14.8 Å². The SMILES string of the molecule is CCC(C)CSc1nc(C)nc(C)c1C(=O)O. The van der Waals surface area contributed by atoms with E-state index in [1.165, 1.54) is 11.8 Å². The topological polar surface area (TPSA) is 63.1 Å². The standard InChI is InChI=1S/C12H18N2O2S/c1-5-7(2)6-17-11-10(12(15)16)8(3)13-9(4)14-11/h7H,5-6H2,1-4H3,(H,15,16). The molecule has 4 nitrogen and oxygen atoms in total. The van der Waals surface area contributed by atoms with Gasteiger partial charge in [0.1, 0.15) is 16.4 Å². The Morgan fingerprint density at radius 3 is 2.59 bits per heavy atom. The largest absolute Gasteiger partial charge is 0.478 e. The Kier molecular flexibility index (Phi) is 4.93. The summed E-state index contributed by atoms with van der Waals surface area (Å²) in [6.07, 6.45) is 1.08. The highest BCUT2D eigenvalue weighted by Gasteiger charge is 2.17. The Bertz CT molecular complexity index is 421. The number of nitrogens with zero attached hydrogens (tertiary/aromatic N) is 2. The van der Waals surface area contributed by atoms with E-state index in [0.717, 1.165) is 12.2 Å². The highest BCUT2D eigenvalue weighted by molar-refractivity contribution is 7.99. The number of hydrogen-bond acceptors (Lipinski definition) is 4. The summed E-state index contributed by atoms with van der Waals surface area (Å²) in [6.45, 7) is 7.77. The van der Waals surface area contributed by atoms with Crippen LogP contribution in [0, 0.1) is 19.8 Å². The summed E-state index contributed by atoms with van der Waals surface area (Å²) in [6, 6.07) is 0. The van der Waals surface area contributed by atoms with Gasteiger partial charge in [0.05, 0.1) is 5.69 Å². The van der Waals surface area contributed by atoms with Gasteiger partial charge < -0.3 is 5.11 Å². The molecule has 0 aromatic carbocycles. The van der Waals surface area contributed by atoms with Gasteiger partial charge in [0.2, 0.25) is 0 Å².